The lowest BCUT2D eigenvalue weighted by atomic mass is 9.88. The van der Waals surface area contributed by atoms with Crippen LogP contribution in [-0.4, -0.2) is 19.1 Å². The van der Waals surface area contributed by atoms with Gasteiger partial charge in [-0.15, -0.1) is 0 Å². The zero-order chi connectivity index (χ0) is 12.4. The Kier molecular flexibility index (Phi) is 3.09. The quantitative estimate of drug-likeness (QED) is 0.891. The number of ketones is 1. The predicted octanol–water partition coefficient (Wildman–Crippen LogP) is 2.59. The fourth-order valence-corrected chi connectivity index (χ4v) is 2.47. The van der Waals surface area contributed by atoms with E-state index in [0.717, 1.165) is 49.4 Å². The number of hydrogen-bond acceptors (Lipinski definition) is 4. The van der Waals surface area contributed by atoms with Crippen molar-refractivity contribution in [1.82, 2.24) is 0 Å². The predicted molar refractivity (Wildman–Crippen MR) is 68.0 cm³/mol. The van der Waals surface area contributed by atoms with E-state index in [0.29, 0.717) is 18.5 Å². The van der Waals surface area contributed by atoms with E-state index in [4.69, 9.17) is 9.47 Å². The number of carbonyl (C=O) groups excluding carboxylic acids is 1. The molecule has 0 spiro atoms. The van der Waals surface area contributed by atoms with Gasteiger partial charge in [-0.2, -0.15) is 0 Å². The first-order valence-corrected chi connectivity index (χ1v) is 6.46. The molecule has 18 heavy (non-hydrogen) atoms. The largest absolute Gasteiger partial charge is 0.454 e. The number of ether oxygens (including phenoxy) is 2. The third-order valence-corrected chi connectivity index (χ3v) is 3.63. The summed E-state index contributed by atoms with van der Waals surface area (Å²) in [5.74, 6) is 2.63. The molecule has 1 aliphatic carbocycles. The van der Waals surface area contributed by atoms with Crippen LogP contribution >= 0.6 is 0 Å². The van der Waals surface area contributed by atoms with Crippen molar-refractivity contribution in [3.63, 3.8) is 0 Å². The molecule has 2 aliphatic rings. The van der Waals surface area contributed by atoms with Gasteiger partial charge in [-0.3, -0.25) is 4.79 Å². The normalized spacial score (nSPS) is 19.0. The molecule has 4 heteroatoms. The highest BCUT2D eigenvalue weighted by Gasteiger charge is 2.19. The highest BCUT2D eigenvalue weighted by molar-refractivity contribution is 5.79. The van der Waals surface area contributed by atoms with E-state index in [-0.39, 0.29) is 0 Å². The van der Waals surface area contributed by atoms with Crippen molar-refractivity contribution >= 4 is 11.5 Å². The van der Waals surface area contributed by atoms with Crippen LogP contribution in [0, 0.1) is 5.92 Å². The SMILES string of the molecule is O=C1CCC(CNc2ccc3c(c2)OCO3)CC1. The average Bonchev–Trinajstić information content (AvgIpc) is 2.85. The van der Waals surface area contributed by atoms with E-state index in [2.05, 4.69) is 5.32 Å². The van der Waals surface area contributed by atoms with Gasteiger partial charge in [0.15, 0.2) is 11.5 Å². The monoisotopic (exact) mass is 247 g/mol. The molecule has 0 bridgehead atoms. The van der Waals surface area contributed by atoms with Crippen LogP contribution in [0.4, 0.5) is 5.69 Å². The molecule has 1 heterocycles. The van der Waals surface area contributed by atoms with Crippen LogP contribution in [0.5, 0.6) is 11.5 Å². The Bertz CT molecular complexity index is 448. The van der Waals surface area contributed by atoms with Gasteiger partial charge in [-0.25, -0.2) is 0 Å². The summed E-state index contributed by atoms with van der Waals surface area (Å²) in [6.07, 6.45) is 3.51. The van der Waals surface area contributed by atoms with Gasteiger partial charge in [0.25, 0.3) is 0 Å². The lowest BCUT2D eigenvalue weighted by Gasteiger charge is -2.21. The Morgan fingerprint density at radius 3 is 2.78 bits per heavy atom. The minimum atomic E-state index is 0.309. The second-order valence-corrected chi connectivity index (χ2v) is 4.93. The minimum absolute atomic E-state index is 0.309. The van der Waals surface area contributed by atoms with Gasteiger partial charge in [0.1, 0.15) is 5.78 Å². The van der Waals surface area contributed by atoms with Crippen molar-refractivity contribution in [3.8, 4) is 11.5 Å². The number of Topliss-reactive ketones (excluding diaryl/α,β-unsaturated/α-hetero) is 1. The summed E-state index contributed by atoms with van der Waals surface area (Å²) in [5.41, 5.74) is 1.05. The first-order chi connectivity index (χ1) is 8.81. The Morgan fingerprint density at radius 1 is 1.17 bits per heavy atom. The minimum Gasteiger partial charge on any atom is -0.454 e. The van der Waals surface area contributed by atoms with Crippen molar-refractivity contribution in [2.75, 3.05) is 18.7 Å². The second kappa shape index (κ2) is 4.88. The zero-order valence-electron chi connectivity index (χ0n) is 10.3. The zero-order valence-corrected chi connectivity index (χ0v) is 10.3. The lowest BCUT2D eigenvalue weighted by molar-refractivity contribution is -0.120. The Labute approximate surface area is 106 Å². The van der Waals surface area contributed by atoms with Crippen LogP contribution < -0.4 is 14.8 Å². The number of benzene rings is 1. The number of nitrogens with one attached hydrogen (secondary N) is 1. The van der Waals surface area contributed by atoms with Crippen molar-refractivity contribution < 1.29 is 14.3 Å². The van der Waals surface area contributed by atoms with Crippen molar-refractivity contribution in [2.24, 2.45) is 5.92 Å². The van der Waals surface area contributed by atoms with Crippen LogP contribution in [0.25, 0.3) is 0 Å². The molecule has 96 valence electrons. The van der Waals surface area contributed by atoms with Gasteiger partial charge >= 0.3 is 0 Å². The molecule has 0 amide bonds. The molecular formula is C14H17NO3. The first kappa shape index (κ1) is 11.4. The van der Waals surface area contributed by atoms with E-state index in [9.17, 15) is 4.79 Å². The molecular weight excluding hydrogens is 230 g/mol. The van der Waals surface area contributed by atoms with E-state index in [1.165, 1.54) is 0 Å². The first-order valence-electron chi connectivity index (χ1n) is 6.46. The van der Waals surface area contributed by atoms with Crippen LogP contribution in [-0.2, 0) is 4.79 Å². The Morgan fingerprint density at radius 2 is 1.94 bits per heavy atom. The molecule has 0 unspecified atom stereocenters. The maximum absolute atomic E-state index is 11.2. The van der Waals surface area contributed by atoms with Crippen molar-refractivity contribution in [3.05, 3.63) is 18.2 Å². The standard InChI is InChI=1S/C14H17NO3/c16-12-4-1-10(2-5-12)8-15-11-3-6-13-14(7-11)18-9-17-13/h3,6-7,10,15H,1-2,4-5,8-9H2. The number of anilines is 1. The molecule has 1 aromatic carbocycles. The Hall–Kier alpha value is -1.71. The van der Waals surface area contributed by atoms with E-state index >= 15 is 0 Å². The number of rotatable bonds is 3. The summed E-state index contributed by atoms with van der Waals surface area (Å²) in [4.78, 5) is 11.2. The molecule has 0 saturated heterocycles. The van der Waals surface area contributed by atoms with Crippen LogP contribution in [0.15, 0.2) is 18.2 Å². The van der Waals surface area contributed by atoms with Gasteiger partial charge in [-0.05, 0) is 30.9 Å². The molecule has 0 radical (unpaired) electrons. The van der Waals surface area contributed by atoms with Gasteiger partial charge in [-0.1, -0.05) is 0 Å². The maximum Gasteiger partial charge on any atom is 0.231 e. The topological polar surface area (TPSA) is 47.6 Å². The Balaban J connectivity index is 1.55. The molecule has 3 rings (SSSR count). The molecule has 1 N–H and O–H groups in total. The number of fused-ring (bicyclic) bond motifs is 1. The van der Waals surface area contributed by atoms with E-state index < -0.39 is 0 Å². The summed E-state index contributed by atoms with van der Waals surface area (Å²) < 4.78 is 10.6. The lowest BCUT2D eigenvalue weighted by Crippen LogP contribution is -2.20. The third-order valence-electron chi connectivity index (χ3n) is 3.63. The summed E-state index contributed by atoms with van der Waals surface area (Å²) in [5, 5.41) is 3.41. The highest BCUT2D eigenvalue weighted by Crippen LogP contribution is 2.34. The van der Waals surface area contributed by atoms with Gasteiger partial charge < -0.3 is 14.8 Å². The molecule has 4 nitrogen and oxygen atoms in total. The molecule has 1 saturated carbocycles. The highest BCUT2D eigenvalue weighted by atomic mass is 16.7. The van der Waals surface area contributed by atoms with Crippen molar-refractivity contribution in [2.45, 2.75) is 25.7 Å². The molecule has 1 aliphatic heterocycles. The number of hydrogen-bond donors (Lipinski definition) is 1. The fourth-order valence-electron chi connectivity index (χ4n) is 2.47. The van der Waals surface area contributed by atoms with E-state index in [1.807, 2.05) is 18.2 Å². The average molecular weight is 247 g/mol. The van der Waals surface area contributed by atoms with Crippen molar-refractivity contribution in [1.29, 1.82) is 0 Å². The smallest absolute Gasteiger partial charge is 0.231 e. The molecule has 1 aromatic rings. The van der Waals surface area contributed by atoms with Gasteiger partial charge in [0.05, 0.1) is 0 Å². The summed E-state index contributed by atoms with van der Waals surface area (Å²) >= 11 is 0. The van der Waals surface area contributed by atoms with Crippen LogP contribution in [0.3, 0.4) is 0 Å². The third kappa shape index (κ3) is 2.42. The summed E-state index contributed by atoms with van der Waals surface area (Å²) in [6.45, 7) is 1.23. The number of carbonyl (C=O) groups is 1. The summed E-state index contributed by atoms with van der Waals surface area (Å²) in [7, 11) is 0. The maximum atomic E-state index is 11.2. The fraction of sp³-hybridized carbons (Fsp3) is 0.500. The molecule has 0 aromatic heterocycles. The van der Waals surface area contributed by atoms with Crippen LogP contribution in [0.2, 0.25) is 0 Å². The van der Waals surface area contributed by atoms with Gasteiger partial charge in [0.2, 0.25) is 6.79 Å². The van der Waals surface area contributed by atoms with E-state index in [1.54, 1.807) is 0 Å². The summed E-state index contributed by atoms with van der Waals surface area (Å²) in [6, 6.07) is 5.90. The van der Waals surface area contributed by atoms with Crippen LogP contribution in [0.1, 0.15) is 25.7 Å². The van der Waals surface area contributed by atoms with Gasteiger partial charge in [0, 0.05) is 31.1 Å². The molecule has 0 atom stereocenters. The molecule has 1 fully saturated rings. The second-order valence-electron chi connectivity index (χ2n) is 4.93.